The second-order valence-electron chi connectivity index (χ2n) is 3.91. The number of rotatable bonds is 5. The summed E-state index contributed by atoms with van der Waals surface area (Å²) in [5.41, 5.74) is 0.464. The van der Waals surface area contributed by atoms with Crippen LogP contribution in [0.2, 0.25) is 0 Å². The molecule has 0 radical (unpaired) electrons. The molecule has 2 rings (SSSR count). The summed E-state index contributed by atoms with van der Waals surface area (Å²) < 4.78 is 4.93. The van der Waals surface area contributed by atoms with Crippen LogP contribution in [0.1, 0.15) is 11.5 Å². The Morgan fingerprint density at radius 3 is 2.80 bits per heavy atom. The molecule has 0 amide bonds. The van der Waals surface area contributed by atoms with E-state index in [9.17, 15) is 10.1 Å². The van der Waals surface area contributed by atoms with E-state index < -0.39 is 4.92 Å². The SMILES string of the molecule is COc1nc(C)nc(NCc2ccccn2)c1[N+](=O)[O-]. The largest absolute Gasteiger partial charge is 0.476 e. The van der Waals surface area contributed by atoms with Gasteiger partial charge in [0.2, 0.25) is 5.82 Å². The highest BCUT2D eigenvalue weighted by atomic mass is 16.6. The van der Waals surface area contributed by atoms with Crippen molar-refractivity contribution in [3.05, 3.63) is 46.0 Å². The summed E-state index contributed by atoms with van der Waals surface area (Å²) in [6.07, 6.45) is 1.65. The van der Waals surface area contributed by atoms with Gasteiger partial charge in [-0.2, -0.15) is 4.98 Å². The van der Waals surface area contributed by atoms with Crippen LogP contribution in [-0.2, 0) is 6.54 Å². The number of nitro groups is 1. The van der Waals surface area contributed by atoms with E-state index in [4.69, 9.17) is 4.74 Å². The fourth-order valence-electron chi connectivity index (χ4n) is 1.65. The zero-order chi connectivity index (χ0) is 14.5. The molecule has 0 aliphatic carbocycles. The van der Waals surface area contributed by atoms with Crippen molar-refractivity contribution in [1.29, 1.82) is 0 Å². The number of pyridine rings is 1. The molecule has 8 nitrogen and oxygen atoms in total. The molecule has 2 heterocycles. The van der Waals surface area contributed by atoms with Gasteiger partial charge in [0, 0.05) is 6.20 Å². The molecule has 0 spiro atoms. The minimum atomic E-state index is -0.570. The number of aromatic nitrogens is 3. The number of nitrogens with one attached hydrogen (secondary N) is 1. The number of anilines is 1. The van der Waals surface area contributed by atoms with Gasteiger partial charge in [0.05, 0.1) is 24.3 Å². The van der Waals surface area contributed by atoms with E-state index in [1.807, 2.05) is 12.1 Å². The zero-order valence-electron chi connectivity index (χ0n) is 11.0. The fourth-order valence-corrected chi connectivity index (χ4v) is 1.65. The molecule has 0 aliphatic rings. The first-order chi connectivity index (χ1) is 9.61. The quantitative estimate of drug-likeness (QED) is 0.654. The highest BCUT2D eigenvalue weighted by Gasteiger charge is 2.24. The molecule has 2 aromatic rings. The molecule has 0 saturated carbocycles. The standard InChI is InChI=1S/C12H13N5O3/c1-8-15-11(10(17(18)19)12(16-8)20-2)14-7-9-5-3-4-6-13-9/h3-6H,7H2,1-2H3,(H,14,15,16). The molecule has 0 aliphatic heterocycles. The monoisotopic (exact) mass is 275 g/mol. The summed E-state index contributed by atoms with van der Waals surface area (Å²) in [5.74, 6) is 0.437. The average Bonchev–Trinajstić information content (AvgIpc) is 2.45. The first-order valence-electron chi connectivity index (χ1n) is 5.82. The highest BCUT2D eigenvalue weighted by Crippen LogP contribution is 2.31. The van der Waals surface area contributed by atoms with Crippen LogP contribution >= 0.6 is 0 Å². The van der Waals surface area contributed by atoms with Gasteiger partial charge in [0.1, 0.15) is 5.82 Å². The Morgan fingerprint density at radius 1 is 1.40 bits per heavy atom. The molecule has 2 aromatic heterocycles. The molecule has 0 atom stereocenters. The van der Waals surface area contributed by atoms with Crippen molar-refractivity contribution < 1.29 is 9.66 Å². The minimum Gasteiger partial charge on any atom is -0.476 e. The number of ether oxygens (including phenoxy) is 1. The third-order valence-corrected chi connectivity index (χ3v) is 2.50. The van der Waals surface area contributed by atoms with Crippen molar-refractivity contribution in [2.75, 3.05) is 12.4 Å². The predicted octanol–water partition coefficient (Wildman–Crippen LogP) is 1.71. The Kier molecular flexibility index (Phi) is 4.04. The Morgan fingerprint density at radius 2 is 2.20 bits per heavy atom. The van der Waals surface area contributed by atoms with Crippen LogP contribution in [0, 0.1) is 17.0 Å². The van der Waals surface area contributed by atoms with E-state index in [1.165, 1.54) is 7.11 Å². The van der Waals surface area contributed by atoms with Crippen molar-refractivity contribution in [2.45, 2.75) is 13.5 Å². The lowest BCUT2D eigenvalue weighted by Crippen LogP contribution is -2.09. The maximum atomic E-state index is 11.1. The van der Waals surface area contributed by atoms with E-state index in [0.29, 0.717) is 12.4 Å². The third kappa shape index (κ3) is 2.97. The first-order valence-corrected chi connectivity index (χ1v) is 5.82. The van der Waals surface area contributed by atoms with E-state index >= 15 is 0 Å². The van der Waals surface area contributed by atoms with Crippen molar-refractivity contribution in [2.24, 2.45) is 0 Å². The van der Waals surface area contributed by atoms with Gasteiger partial charge in [-0.15, -0.1) is 0 Å². The van der Waals surface area contributed by atoms with E-state index in [2.05, 4.69) is 20.3 Å². The highest BCUT2D eigenvalue weighted by molar-refractivity contribution is 5.61. The maximum absolute atomic E-state index is 11.1. The van der Waals surface area contributed by atoms with Gasteiger partial charge in [-0.25, -0.2) is 4.98 Å². The lowest BCUT2D eigenvalue weighted by atomic mass is 10.3. The van der Waals surface area contributed by atoms with Crippen LogP contribution in [0.3, 0.4) is 0 Å². The Labute approximate surface area is 115 Å². The van der Waals surface area contributed by atoms with Crippen LogP contribution in [-0.4, -0.2) is 27.0 Å². The second kappa shape index (κ2) is 5.91. The average molecular weight is 275 g/mol. The number of methoxy groups -OCH3 is 1. The molecule has 1 N–H and O–H groups in total. The molecule has 0 saturated heterocycles. The van der Waals surface area contributed by atoms with Crippen LogP contribution in [0.4, 0.5) is 11.5 Å². The van der Waals surface area contributed by atoms with Crippen molar-refractivity contribution in [1.82, 2.24) is 15.0 Å². The lowest BCUT2D eigenvalue weighted by Gasteiger charge is -2.08. The Balaban J connectivity index is 2.30. The number of hydrogen-bond donors (Lipinski definition) is 1. The Bertz CT molecular complexity index is 618. The topological polar surface area (TPSA) is 103 Å². The minimum absolute atomic E-state index is 0.0639. The third-order valence-electron chi connectivity index (χ3n) is 2.50. The van der Waals surface area contributed by atoms with Crippen molar-refractivity contribution in [3.63, 3.8) is 0 Å². The van der Waals surface area contributed by atoms with Gasteiger partial charge in [0.25, 0.3) is 5.88 Å². The molecule has 20 heavy (non-hydrogen) atoms. The Hall–Kier alpha value is -2.77. The smallest absolute Gasteiger partial charge is 0.372 e. The number of hydrogen-bond acceptors (Lipinski definition) is 7. The normalized spacial score (nSPS) is 10.1. The van der Waals surface area contributed by atoms with E-state index in [0.717, 1.165) is 5.69 Å². The number of nitrogens with zero attached hydrogens (tertiary/aromatic N) is 4. The van der Waals surface area contributed by atoms with Gasteiger partial charge >= 0.3 is 5.69 Å². The summed E-state index contributed by atoms with van der Waals surface area (Å²) in [4.78, 5) is 22.6. The maximum Gasteiger partial charge on any atom is 0.372 e. The van der Waals surface area contributed by atoms with Crippen molar-refractivity contribution >= 4 is 11.5 Å². The lowest BCUT2D eigenvalue weighted by molar-refractivity contribution is -0.385. The molecular formula is C12H13N5O3. The second-order valence-corrected chi connectivity index (χ2v) is 3.91. The van der Waals surface area contributed by atoms with Crippen LogP contribution < -0.4 is 10.1 Å². The fraction of sp³-hybridized carbons (Fsp3) is 0.250. The summed E-state index contributed by atoms with van der Waals surface area (Å²) >= 11 is 0. The molecule has 0 bridgehead atoms. The van der Waals surface area contributed by atoms with Crippen LogP contribution in [0.25, 0.3) is 0 Å². The summed E-state index contributed by atoms with van der Waals surface area (Å²) in [6.45, 7) is 1.96. The first kappa shape index (κ1) is 13.7. The van der Waals surface area contributed by atoms with E-state index in [1.54, 1.807) is 19.2 Å². The van der Waals surface area contributed by atoms with Crippen LogP contribution in [0.5, 0.6) is 5.88 Å². The number of aryl methyl sites for hydroxylation is 1. The molecule has 8 heteroatoms. The summed E-state index contributed by atoms with van der Waals surface area (Å²) in [5, 5.41) is 14.0. The molecule has 0 unspecified atom stereocenters. The van der Waals surface area contributed by atoms with E-state index in [-0.39, 0.29) is 17.4 Å². The van der Waals surface area contributed by atoms with Crippen LogP contribution in [0.15, 0.2) is 24.4 Å². The summed E-state index contributed by atoms with van der Waals surface area (Å²) in [7, 11) is 1.33. The predicted molar refractivity (Wildman–Crippen MR) is 71.5 cm³/mol. The van der Waals surface area contributed by atoms with Gasteiger partial charge in [-0.1, -0.05) is 6.07 Å². The van der Waals surface area contributed by atoms with Gasteiger partial charge in [0.15, 0.2) is 0 Å². The molecule has 0 aromatic carbocycles. The zero-order valence-corrected chi connectivity index (χ0v) is 11.0. The van der Waals surface area contributed by atoms with Gasteiger partial charge in [-0.3, -0.25) is 15.1 Å². The summed E-state index contributed by atoms with van der Waals surface area (Å²) in [6, 6.07) is 5.44. The van der Waals surface area contributed by atoms with Gasteiger partial charge < -0.3 is 10.1 Å². The van der Waals surface area contributed by atoms with Gasteiger partial charge in [-0.05, 0) is 19.1 Å². The molecule has 104 valence electrons. The molecular weight excluding hydrogens is 262 g/mol. The molecule has 0 fully saturated rings. The van der Waals surface area contributed by atoms with Crippen molar-refractivity contribution in [3.8, 4) is 5.88 Å².